The molecular weight excluding hydrogens is 262 g/mol. The number of nitriles is 1. The normalized spacial score (nSPS) is 13.6. The number of hydrogen-bond acceptors (Lipinski definition) is 4. The predicted molar refractivity (Wildman–Crippen MR) is 80.5 cm³/mol. The number of hydrogen-bond donors (Lipinski definition) is 0. The van der Waals surface area contributed by atoms with Crippen LogP contribution in [0.5, 0.6) is 0 Å². The maximum Gasteiger partial charge on any atom is 0.227 e. The second-order valence-corrected chi connectivity index (χ2v) is 5.77. The van der Waals surface area contributed by atoms with Crippen molar-refractivity contribution in [3.63, 3.8) is 0 Å². The summed E-state index contributed by atoms with van der Waals surface area (Å²) in [5.41, 5.74) is 1.18. The van der Waals surface area contributed by atoms with Gasteiger partial charge < -0.3 is 4.52 Å². The lowest BCUT2D eigenvalue weighted by Gasteiger charge is -2.22. The van der Waals surface area contributed by atoms with Crippen molar-refractivity contribution < 1.29 is 4.52 Å². The van der Waals surface area contributed by atoms with Crippen molar-refractivity contribution in [2.24, 2.45) is 5.41 Å². The standard InChI is InChI=1S/C17H21N3O/c1-3-17(2,11-12-18)13-16-19-15(20-21-16)10-9-14-7-5-4-6-8-14/h4-8H,3,9-11,13H2,1-2H3. The van der Waals surface area contributed by atoms with Crippen molar-refractivity contribution in [1.82, 2.24) is 10.1 Å². The molecule has 1 aromatic carbocycles. The van der Waals surface area contributed by atoms with Gasteiger partial charge in [-0.3, -0.25) is 0 Å². The van der Waals surface area contributed by atoms with Gasteiger partial charge in [-0.2, -0.15) is 10.2 Å². The van der Waals surface area contributed by atoms with Gasteiger partial charge in [-0.25, -0.2) is 0 Å². The van der Waals surface area contributed by atoms with Crippen LogP contribution in [0.2, 0.25) is 0 Å². The smallest absolute Gasteiger partial charge is 0.227 e. The van der Waals surface area contributed by atoms with Gasteiger partial charge in [0, 0.05) is 19.3 Å². The minimum Gasteiger partial charge on any atom is -0.339 e. The average Bonchev–Trinajstić information content (AvgIpc) is 2.94. The van der Waals surface area contributed by atoms with Gasteiger partial charge in [0.2, 0.25) is 5.89 Å². The monoisotopic (exact) mass is 283 g/mol. The van der Waals surface area contributed by atoms with Gasteiger partial charge in [-0.05, 0) is 23.8 Å². The summed E-state index contributed by atoms with van der Waals surface area (Å²) in [6.45, 7) is 4.17. The quantitative estimate of drug-likeness (QED) is 0.776. The fraction of sp³-hybridized carbons (Fsp3) is 0.471. The highest BCUT2D eigenvalue weighted by Gasteiger charge is 2.25. The Morgan fingerprint density at radius 2 is 2.00 bits per heavy atom. The van der Waals surface area contributed by atoms with E-state index in [1.807, 2.05) is 18.2 Å². The highest BCUT2D eigenvalue weighted by atomic mass is 16.5. The van der Waals surface area contributed by atoms with E-state index in [4.69, 9.17) is 9.78 Å². The maximum absolute atomic E-state index is 8.91. The fourth-order valence-electron chi connectivity index (χ4n) is 2.23. The van der Waals surface area contributed by atoms with Crippen LogP contribution in [0.25, 0.3) is 0 Å². The largest absolute Gasteiger partial charge is 0.339 e. The summed E-state index contributed by atoms with van der Waals surface area (Å²) < 4.78 is 5.33. The van der Waals surface area contributed by atoms with Crippen molar-refractivity contribution in [3.8, 4) is 6.07 Å². The molecule has 0 radical (unpaired) electrons. The molecule has 4 nitrogen and oxygen atoms in total. The molecule has 2 aromatic rings. The third-order valence-corrected chi connectivity index (χ3v) is 3.93. The van der Waals surface area contributed by atoms with Crippen molar-refractivity contribution in [2.45, 2.75) is 46.0 Å². The van der Waals surface area contributed by atoms with E-state index in [2.05, 4.69) is 42.2 Å². The topological polar surface area (TPSA) is 62.7 Å². The Bertz CT molecular complexity index is 600. The summed E-state index contributed by atoms with van der Waals surface area (Å²) in [4.78, 5) is 4.45. The van der Waals surface area contributed by atoms with E-state index in [9.17, 15) is 0 Å². The zero-order chi connectivity index (χ0) is 15.1. The minimum atomic E-state index is -0.0853. The Morgan fingerprint density at radius 3 is 2.67 bits per heavy atom. The van der Waals surface area contributed by atoms with E-state index < -0.39 is 0 Å². The van der Waals surface area contributed by atoms with Gasteiger partial charge >= 0.3 is 0 Å². The molecule has 1 unspecified atom stereocenters. The summed E-state index contributed by atoms with van der Waals surface area (Å²) >= 11 is 0. The molecule has 1 heterocycles. The number of aryl methyl sites for hydroxylation is 2. The first-order chi connectivity index (χ1) is 10.1. The molecular formula is C17H21N3O. The van der Waals surface area contributed by atoms with Crippen LogP contribution >= 0.6 is 0 Å². The van der Waals surface area contributed by atoms with Crippen LogP contribution in [0.3, 0.4) is 0 Å². The third-order valence-electron chi connectivity index (χ3n) is 3.93. The molecule has 0 saturated carbocycles. The molecule has 2 rings (SSSR count). The molecule has 21 heavy (non-hydrogen) atoms. The van der Waals surface area contributed by atoms with Gasteiger partial charge in [-0.15, -0.1) is 0 Å². The molecule has 0 fully saturated rings. The van der Waals surface area contributed by atoms with Crippen LogP contribution in [-0.2, 0) is 19.3 Å². The lowest BCUT2D eigenvalue weighted by Crippen LogP contribution is -2.18. The van der Waals surface area contributed by atoms with Crippen LogP contribution in [-0.4, -0.2) is 10.1 Å². The molecule has 0 saturated heterocycles. The van der Waals surface area contributed by atoms with Crippen LogP contribution in [0, 0.1) is 16.7 Å². The SMILES string of the molecule is CCC(C)(CC#N)Cc1nc(CCc2ccccc2)no1. The van der Waals surface area contributed by atoms with Crippen molar-refractivity contribution in [1.29, 1.82) is 5.26 Å². The van der Waals surface area contributed by atoms with Gasteiger partial charge in [-0.1, -0.05) is 49.3 Å². The fourth-order valence-corrected chi connectivity index (χ4v) is 2.23. The summed E-state index contributed by atoms with van der Waals surface area (Å²) in [6, 6.07) is 12.5. The molecule has 0 aliphatic carbocycles. The lowest BCUT2D eigenvalue weighted by molar-refractivity contribution is 0.265. The van der Waals surface area contributed by atoms with Gasteiger partial charge in [0.1, 0.15) is 0 Å². The second kappa shape index (κ2) is 7.03. The number of aromatic nitrogens is 2. The first-order valence-electron chi connectivity index (χ1n) is 7.37. The van der Waals surface area contributed by atoms with Gasteiger partial charge in [0.15, 0.2) is 5.82 Å². The Balaban J connectivity index is 1.94. The molecule has 1 atom stereocenters. The molecule has 0 aliphatic heterocycles. The predicted octanol–water partition coefficient (Wildman–Crippen LogP) is 3.73. The van der Waals surface area contributed by atoms with Gasteiger partial charge in [0.25, 0.3) is 0 Å². The molecule has 1 aromatic heterocycles. The Labute approximate surface area is 125 Å². The minimum absolute atomic E-state index is 0.0853. The number of nitrogens with zero attached hydrogens (tertiary/aromatic N) is 3. The first-order valence-corrected chi connectivity index (χ1v) is 7.37. The zero-order valence-corrected chi connectivity index (χ0v) is 12.7. The summed E-state index contributed by atoms with van der Waals surface area (Å²) in [7, 11) is 0. The molecule has 0 bridgehead atoms. The summed E-state index contributed by atoms with van der Waals surface area (Å²) in [6.07, 6.45) is 3.76. The van der Waals surface area contributed by atoms with Crippen LogP contribution in [0.15, 0.2) is 34.9 Å². The molecule has 110 valence electrons. The maximum atomic E-state index is 8.91. The number of rotatable bonds is 7. The van der Waals surface area contributed by atoms with Crippen molar-refractivity contribution in [2.75, 3.05) is 0 Å². The summed E-state index contributed by atoms with van der Waals surface area (Å²) in [5.74, 6) is 1.38. The molecule has 0 spiro atoms. The van der Waals surface area contributed by atoms with Gasteiger partial charge in [0.05, 0.1) is 6.07 Å². The highest BCUT2D eigenvalue weighted by Crippen LogP contribution is 2.29. The second-order valence-electron chi connectivity index (χ2n) is 5.77. The van der Waals surface area contributed by atoms with Crippen LogP contribution in [0.4, 0.5) is 0 Å². The summed E-state index contributed by atoms with van der Waals surface area (Å²) in [5, 5.41) is 13.0. The molecule has 4 heteroatoms. The van der Waals surface area contributed by atoms with E-state index in [1.165, 1.54) is 5.56 Å². The van der Waals surface area contributed by atoms with E-state index in [0.29, 0.717) is 18.7 Å². The van der Waals surface area contributed by atoms with E-state index in [1.54, 1.807) is 0 Å². The molecule has 0 N–H and O–H groups in total. The lowest BCUT2D eigenvalue weighted by atomic mass is 9.81. The van der Waals surface area contributed by atoms with E-state index in [0.717, 1.165) is 25.1 Å². The molecule has 0 aliphatic rings. The third kappa shape index (κ3) is 4.42. The highest BCUT2D eigenvalue weighted by molar-refractivity contribution is 5.15. The average molecular weight is 283 g/mol. The van der Waals surface area contributed by atoms with Crippen molar-refractivity contribution in [3.05, 3.63) is 47.6 Å². The van der Waals surface area contributed by atoms with E-state index >= 15 is 0 Å². The Kier molecular flexibility index (Phi) is 5.10. The van der Waals surface area contributed by atoms with E-state index in [-0.39, 0.29) is 5.41 Å². The van der Waals surface area contributed by atoms with Crippen molar-refractivity contribution >= 4 is 0 Å². The number of benzene rings is 1. The molecule has 0 amide bonds. The Hall–Kier alpha value is -2.15. The van der Waals surface area contributed by atoms with Crippen LogP contribution in [0.1, 0.15) is 44.0 Å². The Morgan fingerprint density at radius 1 is 1.24 bits per heavy atom. The zero-order valence-electron chi connectivity index (χ0n) is 12.7. The first kappa shape index (κ1) is 15.2. The van der Waals surface area contributed by atoms with Crippen LogP contribution < -0.4 is 0 Å².